The number of hydrogen-bond donors (Lipinski definition) is 1. The number of aromatic nitrogens is 3. The molecule has 33 heavy (non-hydrogen) atoms. The maximum Gasteiger partial charge on any atom is 0.316 e. The molecule has 1 aliphatic rings. The van der Waals surface area contributed by atoms with Gasteiger partial charge in [0.05, 0.1) is 23.9 Å². The van der Waals surface area contributed by atoms with E-state index >= 15 is 0 Å². The topological polar surface area (TPSA) is 80.2 Å². The number of benzene rings is 1. The third kappa shape index (κ3) is 5.05. The number of nitrogens with one attached hydrogen (secondary N) is 1. The fourth-order valence-corrected chi connectivity index (χ4v) is 3.53. The molecule has 1 saturated heterocycles. The summed E-state index contributed by atoms with van der Waals surface area (Å²) in [5, 5.41) is 2.71. The summed E-state index contributed by atoms with van der Waals surface area (Å²) in [4.78, 5) is 26.6. The van der Waals surface area contributed by atoms with Crippen LogP contribution in [0.15, 0.2) is 48.9 Å². The predicted molar refractivity (Wildman–Crippen MR) is 117 cm³/mol. The number of halogens is 3. The molecule has 1 aromatic carbocycles. The zero-order valence-corrected chi connectivity index (χ0v) is 18.1. The van der Waals surface area contributed by atoms with E-state index in [0.29, 0.717) is 5.56 Å². The average Bonchev–Trinajstić information content (AvgIpc) is 3.14. The molecule has 4 rings (SSSR count). The van der Waals surface area contributed by atoms with Gasteiger partial charge in [-0.05, 0) is 26.0 Å². The second kappa shape index (κ2) is 9.05. The van der Waals surface area contributed by atoms with Gasteiger partial charge < -0.3 is 15.0 Å². The monoisotopic (exact) mass is 457 g/mol. The van der Waals surface area contributed by atoms with Crippen molar-refractivity contribution in [2.45, 2.75) is 32.3 Å². The fourth-order valence-electron chi connectivity index (χ4n) is 3.53. The van der Waals surface area contributed by atoms with Gasteiger partial charge in [-0.25, -0.2) is 28.1 Å². The normalized spacial score (nSPS) is 15.0. The molecule has 0 unspecified atom stereocenters. The Hall–Kier alpha value is -3.69. The summed E-state index contributed by atoms with van der Waals surface area (Å²) in [6.07, 6.45) is 3.53. The standard InChI is InChI=1S/C23H22F3N5O2/c1-14(2)33-22-28-11-15(12-29-22)21(32)30-19-17(16-5-3-4-6-18(16)24)7-9-27-20(19)31-10-8-23(25,26)13-31/h3-7,9,11-12,14H,8,10,13H2,1-2H3,(H,30,32). The molecule has 0 spiro atoms. The van der Waals surface area contributed by atoms with Crippen LogP contribution >= 0.6 is 0 Å². The van der Waals surface area contributed by atoms with E-state index in [1.165, 1.54) is 35.6 Å². The highest BCUT2D eigenvalue weighted by atomic mass is 19.3. The average molecular weight is 457 g/mol. The van der Waals surface area contributed by atoms with Crippen LogP contribution in [0.2, 0.25) is 0 Å². The zero-order valence-electron chi connectivity index (χ0n) is 18.1. The summed E-state index contributed by atoms with van der Waals surface area (Å²) in [6.45, 7) is 3.14. The summed E-state index contributed by atoms with van der Waals surface area (Å²) in [6, 6.07) is 7.67. The third-order valence-corrected chi connectivity index (χ3v) is 5.03. The summed E-state index contributed by atoms with van der Waals surface area (Å²) >= 11 is 0. The van der Waals surface area contributed by atoms with E-state index in [1.54, 1.807) is 18.2 Å². The van der Waals surface area contributed by atoms with Gasteiger partial charge in [-0.1, -0.05) is 18.2 Å². The van der Waals surface area contributed by atoms with Crippen LogP contribution in [0.25, 0.3) is 11.1 Å². The van der Waals surface area contributed by atoms with Crippen LogP contribution in [0.5, 0.6) is 6.01 Å². The first kappa shape index (κ1) is 22.5. The first-order chi connectivity index (χ1) is 15.7. The Morgan fingerprint density at radius 1 is 1.12 bits per heavy atom. The minimum absolute atomic E-state index is 0.0495. The van der Waals surface area contributed by atoms with Crippen molar-refractivity contribution in [3.63, 3.8) is 0 Å². The number of alkyl halides is 2. The SMILES string of the molecule is CC(C)Oc1ncc(C(=O)Nc2c(-c3ccccc3F)ccnc2N2CCC(F)(F)C2)cn1. The molecule has 172 valence electrons. The molecule has 1 N–H and O–H groups in total. The highest BCUT2D eigenvalue weighted by molar-refractivity contribution is 6.08. The molecule has 0 radical (unpaired) electrons. The van der Waals surface area contributed by atoms with Gasteiger partial charge >= 0.3 is 6.01 Å². The van der Waals surface area contributed by atoms with Crippen LogP contribution in [-0.2, 0) is 0 Å². The highest BCUT2D eigenvalue weighted by Gasteiger charge is 2.40. The lowest BCUT2D eigenvalue weighted by Gasteiger charge is -2.23. The number of carbonyl (C=O) groups is 1. The van der Waals surface area contributed by atoms with Crippen LogP contribution in [-0.4, -0.2) is 46.0 Å². The second-order valence-corrected chi connectivity index (χ2v) is 7.94. The van der Waals surface area contributed by atoms with Gasteiger partial charge in [-0.15, -0.1) is 0 Å². The van der Waals surface area contributed by atoms with Gasteiger partial charge in [0, 0.05) is 42.7 Å². The molecule has 7 nitrogen and oxygen atoms in total. The zero-order chi connectivity index (χ0) is 23.6. The quantitative estimate of drug-likeness (QED) is 0.585. The molecule has 1 amide bonds. The summed E-state index contributed by atoms with van der Waals surface area (Å²) in [5.41, 5.74) is 0.779. The van der Waals surface area contributed by atoms with Crippen LogP contribution in [0.4, 0.5) is 24.7 Å². The molecule has 0 saturated carbocycles. The third-order valence-electron chi connectivity index (χ3n) is 5.03. The Morgan fingerprint density at radius 2 is 1.85 bits per heavy atom. The Bertz CT molecular complexity index is 1160. The second-order valence-electron chi connectivity index (χ2n) is 7.94. The molecular weight excluding hydrogens is 435 g/mol. The van der Waals surface area contributed by atoms with Crippen molar-refractivity contribution in [1.29, 1.82) is 0 Å². The Balaban J connectivity index is 1.72. The van der Waals surface area contributed by atoms with Crippen molar-refractivity contribution < 1.29 is 22.7 Å². The molecule has 3 aromatic rings. The van der Waals surface area contributed by atoms with Crippen molar-refractivity contribution in [2.75, 3.05) is 23.3 Å². The molecule has 1 aliphatic heterocycles. The lowest BCUT2D eigenvalue weighted by atomic mass is 10.0. The minimum Gasteiger partial charge on any atom is -0.461 e. The summed E-state index contributed by atoms with van der Waals surface area (Å²) in [5.74, 6) is -3.85. The first-order valence-corrected chi connectivity index (χ1v) is 10.4. The Labute approximate surface area is 188 Å². The summed E-state index contributed by atoms with van der Waals surface area (Å²) < 4.78 is 47.8. The molecule has 0 atom stereocenters. The summed E-state index contributed by atoms with van der Waals surface area (Å²) in [7, 11) is 0. The molecule has 2 aromatic heterocycles. The van der Waals surface area contributed by atoms with Crippen molar-refractivity contribution in [3.8, 4) is 17.1 Å². The highest BCUT2D eigenvalue weighted by Crippen LogP contribution is 2.39. The number of anilines is 2. The van der Waals surface area contributed by atoms with E-state index in [2.05, 4.69) is 20.3 Å². The number of carbonyl (C=O) groups excluding carboxylic acids is 1. The van der Waals surface area contributed by atoms with Gasteiger partial charge in [0.1, 0.15) is 5.82 Å². The molecule has 3 heterocycles. The molecule has 1 fully saturated rings. The Morgan fingerprint density at radius 3 is 2.48 bits per heavy atom. The van der Waals surface area contributed by atoms with Gasteiger partial charge in [-0.2, -0.15) is 0 Å². The van der Waals surface area contributed by atoms with Crippen molar-refractivity contribution in [2.24, 2.45) is 0 Å². The van der Waals surface area contributed by atoms with E-state index < -0.39 is 24.2 Å². The predicted octanol–water partition coefficient (Wildman–Crippen LogP) is 4.56. The van der Waals surface area contributed by atoms with E-state index in [9.17, 15) is 18.0 Å². The van der Waals surface area contributed by atoms with Gasteiger partial charge in [0.25, 0.3) is 11.8 Å². The van der Waals surface area contributed by atoms with E-state index in [1.807, 2.05) is 13.8 Å². The fraction of sp³-hybridized carbons (Fsp3) is 0.304. The largest absolute Gasteiger partial charge is 0.461 e. The van der Waals surface area contributed by atoms with Crippen molar-refractivity contribution in [3.05, 3.63) is 60.3 Å². The number of hydrogen-bond acceptors (Lipinski definition) is 6. The van der Waals surface area contributed by atoms with Gasteiger partial charge in [-0.3, -0.25) is 4.79 Å². The van der Waals surface area contributed by atoms with Crippen molar-refractivity contribution in [1.82, 2.24) is 15.0 Å². The number of ether oxygens (including phenoxy) is 1. The molecule has 10 heteroatoms. The number of nitrogens with zero attached hydrogens (tertiary/aromatic N) is 4. The van der Waals surface area contributed by atoms with E-state index in [4.69, 9.17) is 4.74 Å². The van der Waals surface area contributed by atoms with Crippen LogP contribution in [0.1, 0.15) is 30.6 Å². The first-order valence-electron chi connectivity index (χ1n) is 10.4. The van der Waals surface area contributed by atoms with E-state index in [-0.39, 0.29) is 47.7 Å². The number of pyridine rings is 1. The maximum atomic E-state index is 14.6. The van der Waals surface area contributed by atoms with Crippen LogP contribution in [0, 0.1) is 5.82 Å². The van der Waals surface area contributed by atoms with Crippen molar-refractivity contribution >= 4 is 17.4 Å². The number of amides is 1. The van der Waals surface area contributed by atoms with Gasteiger partial charge in [0.15, 0.2) is 5.82 Å². The van der Waals surface area contributed by atoms with E-state index in [0.717, 1.165) is 0 Å². The lowest BCUT2D eigenvalue weighted by Crippen LogP contribution is -2.27. The Kier molecular flexibility index (Phi) is 6.17. The van der Waals surface area contributed by atoms with Crippen LogP contribution in [0.3, 0.4) is 0 Å². The minimum atomic E-state index is -2.88. The number of rotatable bonds is 6. The molecule has 0 aliphatic carbocycles. The smallest absolute Gasteiger partial charge is 0.316 e. The molecule has 0 bridgehead atoms. The van der Waals surface area contributed by atoms with Crippen LogP contribution < -0.4 is 15.0 Å². The molecular formula is C23H22F3N5O2. The van der Waals surface area contributed by atoms with Gasteiger partial charge in [0.2, 0.25) is 0 Å². The maximum absolute atomic E-state index is 14.6. The lowest BCUT2D eigenvalue weighted by molar-refractivity contribution is 0.0257.